The Morgan fingerprint density at radius 3 is 3.11 bits per heavy atom. The van der Waals surface area contributed by atoms with Gasteiger partial charge in [-0.2, -0.15) is 0 Å². The van der Waals surface area contributed by atoms with Gasteiger partial charge in [0.15, 0.2) is 0 Å². The Bertz CT molecular complexity index is 536. The van der Waals surface area contributed by atoms with Crippen LogP contribution in [-0.4, -0.2) is 37.7 Å². The predicted octanol–water partition coefficient (Wildman–Crippen LogP) is 1.02. The summed E-state index contributed by atoms with van der Waals surface area (Å²) in [6, 6.07) is 8.25. The molecule has 0 saturated carbocycles. The Morgan fingerprint density at radius 1 is 1.37 bits per heavy atom. The molecular formula is C14H19N3O2. The average Bonchev–Trinajstić information content (AvgIpc) is 2.86. The highest BCUT2D eigenvalue weighted by atomic mass is 16.5. The summed E-state index contributed by atoms with van der Waals surface area (Å²) in [5.74, 6) is -0.0141. The highest BCUT2D eigenvalue weighted by Gasteiger charge is 2.01. The van der Waals surface area contributed by atoms with Gasteiger partial charge in [-0.1, -0.05) is 6.07 Å². The molecule has 0 aliphatic carbocycles. The molecule has 0 unspecified atom stereocenters. The molecule has 0 atom stereocenters. The van der Waals surface area contributed by atoms with E-state index >= 15 is 0 Å². The molecule has 2 aromatic rings. The maximum absolute atomic E-state index is 11.4. The number of amides is 1. The van der Waals surface area contributed by atoms with E-state index in [4.69, 9.17) is 4.74 Å². The third kappa shape index (κ3) is 4.08. The fourth-order valence-corrected chi connectivity index (χ4v) is 1.89. The number of hydrogen-bond donors (Lipinski definition) is 3. The first-order valence-electron chi connectivity index (χ1n) is 6.32. The van der Waals surface area contributed by atoms with Crippen molar-refractivity contribution in [2.75, 3.05) is 26.8 Å². The Labute approximate surface area is 112 Å². The van der Waals surface area contributed by atoms with Crippen molar-refractivity contribution in [2.45, 2.75) is 6.54 Å². The fourth-order valence-electron chi connectivity index (χ4n) is 1.89. The first-order chi connectivity index (χ1) is 9.29. The number of methoxy groups -OCH3 is 1. The van der Waals surface area contributed by atoms with E-state index in [1.807, 2.05) is 18.3 Å². The van der Waals surface area contributed by atoms with Crippen LogP contribution in [0.15, 0.2) is 30.5 Å². The number of aromatic amines is 1. The first kappa shape index (κ1) is 13.6. The van der Waals surface area contributed by atoms with Gasteiger partial charge in [-0.05, 0) is 29.1 Å². The molecule has 1 heterocycles. The van der Waals surface area contributed by atoms with Gasteiger partial charge in [-0.15, -0.1) is 0 Å². The topological polar surface area (TPSA) is 66.2 Å². The molecule has 1 aromatic carbocycles. The van der Waals surface area contributed by atoms with Crippen LogP contribution in [0.4, 0.5) is 0 Å². The Kier molecular flexibility index (Phi) is 4.94. The minimum atomic E-state index is -0.0141. The summed E-state index contributed by atoms with van der Waals surface area (Å²) >= 11 is 0. The molecule has 0 saturated heterocycles. The lowest BCUT2D eigenvalue weighted by Gasteiger charge is -2.06. The minimum absolute atomic E-state index is 0.0141. The Hall–Kier alpha value is -1.85. The zero-order valence-electron chi connectivity index (χ0n) is 11.0. The van der Waals surface area contributed by atoms with Gasteiger partial charge in [-0.3, -0.25) is 4.79 Å². The number of ether oxygens (including phenoxy) is 1. The zero-order valence-corrected chi connectivity index (χ0v) is 11.0. The van der Waals surface area contributed by atoms with Crippen molar-refractivity contribution in [3.63, 3.8) is 0 Å². The lowest BCUT2D eigenvalue weighted by molar-refractivity contribution is -0.120. The van der Waals surface area contributed by atoms with E-state index in [0.717, 1.165) is 11.1 Å². The van der Waals surface area contributed by atoms with E-state index in [1.165, 1.54) is 5.39 Å². The van der Waals surface area contributed by atoms with Gasteiger partial charge in [0.2, 0.25) is 5.91 Å². The third-order valence-corrected chi connectivity index (χ3v) is 2.86. The summed E-state index contributed by atoms with van der Waals surface area (Å²) in [4.78, 5) is 14.6. The van der Waals surface area contributed by atoms with Gasteiger partial charge in [-0.25, -0.2) is 0 Å². The standard InChI is InChI=1S/C14H19N3O2/c1-19-7-6-17-14(18)10-15-9-11-2-3-13-12(8-11)4-5-16-13/h2-5,8,15-16H,6-7,9-10H2,1H3,(H,17,18). The fraction of sp³-hybridized carbons (Fsp3) is 0.357. The molecular weight excluding hydrogens is 242 g/mol. The van der Waals surface area contributed by atoms with Crippen molar-refractivity contribution in [1.82, 2.24) is 15.6 Å². The summed E-state index contributed by atoms with van der Waals surface area (Å²) in [6.45, 7) is 2.08. The number of H-pyrrole nitrogens is 1. The van der Waals surface area contributed by atoms with Gasteiger partial charge in [0, 0.05) is 31.9 Å². The van der Waals surface area contributed by atoms with Gasteiger partial charge >= 0.3 is 0 Å². The van der Waals surface area contributed by atoms with Crippen molar-refractivity contribution in [3.05, 3.63) is 36.0 Å². The molecule has 3 N–H and O–H groups in total. The average molecular weight is 261 g/mol. The monoisotopic (exact) mass is 261 g/mol. The van der Waals surface area contributed by atoms with Crippen LogP contribution < -0.4 is 10.6 Å². The lowest BCUT2D eigenvalue weighted by Crippen LogP contribution is -2.35. The van der Waals surface area contributed by atoms with E-state index in [2.05, 4.69) is 27.8 Å². The Balaban J connectivity index is 1.74. The Morgan fingerprint density at radius 2 is 2.26 bits per heavy atom. The van der Waals surface area contributed by atoms with E-state index < -0.39 is 0 Å². The molecule has 0 radical (unpaired) electrons. The summed E-state index contributed by atoms with van der Waals surface area (Å²) < 4.78 is 4.86. The zero-order chi connectivity index (χ0) is 13.5. The molecule has 0 bridgehead atoms. The summed E-state index contributed by atoms with van der Waals surface area (Å²) in [6.07, 6.45) is 1.92. The number of aromatic nitrogens is 1. The van der Waals surface area contributed by atoms with Crippen LogP contribution in [0, 0.1) is 0 Å². The number of nitrogens with one attached hydrogen (secondary N) is 3. The maximum Gasteiger partial charge on any atom is 0.234 e. The van der Waals surface area contributed by atoms with Gasteiger partial charge in [0.05, 0.1) is 13.2 Å². The molecule has 5 heteroatoms. The lowest BCUT2D eigenvalue weighted by atomic mass is 10.1. The van der Waals surface area contributed by atoms with Crippen LogP contribution in [0.5, 0.6) is 0 Å². The van der Waals surface area contributed by atoms with E-state index in [1.54, 1.807) is 7.11 Å². The first-order valence-corrected chi connectivity index (χ1v) is 6.32. The van der Waals surface area contributed by atoms with Crippen molar-refractivity contribution >= 4 is 16.8 Å². The van der Waals surface area contributed by atoms with Crippen LogP contribution in [0.25, 0.3) is 10.9 Å². The largest absolute Gasteiger partial charge is 0.383 e. The highest BCUT2D eigenvalue weighted by Crippen LogP contribution is 2.13. The number of hydrogen-bond acceptors (Lipinski definition) is 3. The number of rotatable bonds is 7. The van der Waals surface area contributed by atoms with Gasteiger partial charge in [0.25, 0.3) is 0 Å². The predicted molar refractivity (Wildman–Crippen MR) is 74.9 cm³/mol. The minimum Gasteiger partial charge on any atom is -0.383 e. The quantitative estimate of drug-likeness (QED) is 0.652. The van der Waals surface area contributed by atoms with Crippen LogP contribution in [0.3, 0.4) is 0 Å². The van der Waals surface area contributed by atoms with Crippen molar-refractivity contribution in [3.8, 4) is 0 Å². The molecule has 5 nitrogen and oxygen atoms in total. The summed E-state index contributed by atoms with van der Waals surface area (Å²) in [5.41, 5.74) is 2.29. The molecule has 0 spiro atoms. The second-order valence-electron chi connectivity index (χ2n) is 4.35. The van der Waals surface area contributed by atoms with Crippen molar-refractivity contribution in [2.24, 2.45) is 0 Å². The summed E-state index contributed by atoms with van der Waals surface area (Å²) in [7, 11) is 1.61. The smallest absolute Gasteiger partial charge is 0.234 e. The van der Waals surface area contributed by atoms with E-state index in [9.17, 15) is 4.79 Å². The van der Waals surface area contributed by atoms with Crippen molar-refractivity contribution < 1.29 is 9.53 Å². The molecule has 0 fully saturated rings. The molecule has 1 amide bonds. The number of benzene rings is 1. The SMILES string of the molecule is COCCNC(=O)CNCc1ccc2[nH]ccc2c1. The normalized spacial score (nSPS) is 10.8. The summed E-state index contributed by atoms with van der Waals surface area (Å²) in [5, 5.41) is 7.07. The van der Waals surface area contributed by atoms with Gasteiger partial charge in [0.1, 0.15) is 0 Å². The molecule has 2 rings (SSSR count). The second-order valence-corrected chi connectivity index (χ2v) is 4.35. The van der Waals surface area contributed by atoms with Gasteiger partial charge < -0.3 is 20.4 Å². The van der Waals surface area contributed by atoms with Crippen LogP contribution in [0.2, 0.25) is 0 Å². The number of carbonyl (C=O) groups is 1. The van der Waals surface area contributed by atoms with E-state index in [-0.39, 0.29) is 5.91 Å². The highest BCUT2D eigenvalue weighted by molar-refractivity contribution is 5.80. The molecule has 1 aromatic heterocycles. The maximum atomic E-state index is 11.4. The van der Waals surface area contributed by atoms with Crippen LogP contribution in [0.1, 0.15) is 5.56 Å². The van der Waals surface area contributed by atoms with Crippen molar-refractivity contribution in [1.29, 1.82) is 0 Å². The molecule has 102 valence electrons. The van der Waals surface area contributed by atoms with Crippen LogP contribution in [-0.2, 0) is 16.1 Å². The third-order valence-electron chi connectivity index (χ3n) is 2.86. The number of fused-ring (bicyclic) bond motifs is 1. The molecule has 0 aliphatic rings. The number of carbonyl (C=O) groups excluding carboxylic acids is 1. The second kappa shape index (κ2) is 6.92. The molecule has 0 aliphatic heterocycles. The van der Waals surface area contributed by atoms with Crippen LogP contribution >= 0.6 is 0 Å². The van der Waals surface area contributed by atoms with E-state index in [0.29, 0.717) is 26.2 Å². The molecule has 19 heavy (non-hydrogen) atoms.